The summed E-state index contributed by atoms with van der Waals surface area (Å²) in [7, 11) is 0. The Balaban J connectivity index is 0.000000307. The maximum atomic E-state index is 12.3. The molecule has 1 aromatic rings. The molecule has 1 unspecified atom stereocenters. The number of nitrogens with two attached hydrogens (primary N) is 1. The van der Waals surface area contributed by atoms with E-state index in [1.54, 1.807) is 38.1 Å². The van der Waals surface area contributed by atoms with Crippen molar-refractivity contribution in [2.75, 3.05) is 26.2 Å². The van der Waals surface area contributed by atoms with Crippen molar-refractivity contribution < 1.29 is 24.0 Å². The fraction of sp³-hybridized carbons (Fsp3) is 0.719. The number of nitrogens with zero attached hydrogens (tertiary/aromatic N) is 2. The van der Waals surface area contributed by atoms with E-state index < -0.39 is 46.0 Å². The predicted molar refractivity (Wildman–Crippen MR) is 166 cm³/mol. The average Bonchev–Trinajstić information content (AvgIpc) is 3.23. The maximum Gasteiger partial charge on any atom is 0.249 e. The minimum atomic E-state index is -1.28. The number of benzene rings is 1. The number of carbonyl (C=O) groups is 3. The summed E-state index contributed by atoms with van der Waals surface area (Å²) >= 11 is 1.34. The molecule has 3 rings (SSSR count). The molecule has 41 heavy (non-hydrogen) atoms. The molecule has 0 radical (unpaired) electrons. The zero-order valence-electron chi connectivity index (χ0n) is 26.2. The maximum absolute atomic E-state index is 12.3. The van der Waals surface area contributed by atoms with Gasteiger partial charge in [-0.3, -0.25) is 9.59 Å². The SMILES string of the molecule is CC1(C)S[C@@H]2[C@H](NC(=O)C(N)c3ccccc3)C(=O)N2[C@H]1C(=O)[O-].CCCC[N+](CCCC)(CCCC)CCCC. The normalized spacial score (nSPS) is 21.8. The third-order valence-corrected chi connectivity index (χ3v) is 9.92. The highest BCUT2D eigenvalue weighted by molar-refractivity contribution is 8.01. The van der Waals surface area contributed by atoms with E-state index in [4.69, 9.17) is 5.73 Å². The molecule has 232 valence electrons. The quantitative estimate of drug-likeness (QED) is 0.222. The lowest BCUT2D eigenvalue weighted by molar-refractivity contribution is -0.929. The summed E-state index contributed by atoms with van der Waals surface area (Å²) in [6, 6.07) is 6.19. The first-order chi connectivity index (χ1) is 19.5. The molecule has 2 aliphatic heterocycles. The highest BCUT2D eigenvalue weighted by atomic mass is 32.2. The predicted octanol–water partition coefficient (Wildman–Crippen LogP) is 3.99. The molecule has 0 saturated carbocycles. The number of nitrogens with one attached hydrogen (secondary N) is 1. The van der Waals surface area contributed by atoms with Gasteiger partial charge in [-0.2, -0.15) is 0 Å². The Labute approximate surface area is 252 Å². The van der Waals surface area contributed by atoms with Crippen LogP contribution in [0, 0.1) is 0 Å². The first-order valence-corrected chi connectivity index (χ1v) is 16.5. The van der Waals surface area contributed by atoms with Crippen LogP contribution < -0.4 is 16.2 Å². The standard InChI is InChI=1S/C16H19N3O4S.C16H36N/c1-16(2)11(15(22)23)19-13(21)10(14(19)24-16)18-12(20)9(17)8-6-4-3-5-7-8;1-5-9-13-17(14-10-6-2,15-11-7-3)16-12-8-4/h3-7,9-11,14H,17H2,1-2H3,(H,18,20)(H,22,23);5-16H2,1-4H3/q;+1/p-1/t9?,10-,11+,14-;/m1./s1. The fourth-order valence-electron chi connectivity index (χ4n) is 5.83. The zero-order valence-corrected chi connectivity index (χ0v) is 27.0. The smallest absolute Gasteiger partial charge is 0.249 e. The Bertz CT molecular complexity index is 936. The van der Waals surface area contributed by atoms with Crippen LogP contribution in [0.5, 0.6) is 0 Å². The van der Waals surface area contributed by atoms with Crippen molar-refractivity contribution in [1.29, 1.82) is 0 Å². The van der Waals surface area contributed by atoms with E-state index in [-0.39, 0.29) is 0 Å². The number of hydrogen-bond acceptors (Lipinski definition) is 6. The fourth-order valence-corrected chi connectivity index (χ4v) is 7.45. The van der Waals surface area contributed by atoms with Gasteiger partial charge in [-0.15, -0.1) is 11.8 Å². The van der Waals surface area contributed by atoms with Gasteiger partial charge >= 0.3 is 0 Å². The first-order valence-electron chi connectivity index (χ1n) is 15.6. The van der Waals surface area contributed by atoms with E-state index in [9.17, 15) is 19.5 Å². The Morgan fingerprint density at radius 2 is 1.41 bits per heavy atom. The van der Waals surface area contributed by atoms with Crippen molar-refractivity contribution >= 4 is 29.5 Å². The van der Waals surface area contributed by atoms with E-state index in [1.807, 2.05) is 6.07 Å². The van der Waals surface area contributed by atoms with Gasteiger partial charge in [0.25, 0.3) is 0 Å². The minimum absolute atomic E-state index is 0.415. The van der Waals surface area contributed by atoms with Gasteiger partial charge in [0.15, 0.2) is 0 Å². The average molecular weight is 591 g/mol. The van der Waals surface area contributed by atoms with Crippen molar-refractivity contribution in [1.82, 2.24) is 10.2 Å². The molecule has 2 heterocycles. The van der Waals surface area contributed by atoms with Crippen LogP contribution in [-0.4, -0.2) is 75.6 Å². The Hall–Kier alpha value is -2.10. The van der Waals surface area contributed by atoms with E-state index in [2.05, 4.69) is 33.0 Å². The monoisotopic (exact) mass is 590 g/mol. The molecule has 0 aromatic heterocycles. The molecule has 1 aromatic carbocycles. The van der Waals surface area contributed by atoms with Crippen LogP contribution in [0.1, 0.15) is 105 Å². The first kappa shape index (κ1) is 35.1. The lowest BCUT2D eigenvalue weighted by Gasteiger charge is -2.45. The van der Waals surface area contributed by atoms with Gasteiger partial charge in [0.05, 0.1) is 38.2 Å². The Morgan fingerprint density at radius 3 is 1.83 bits per heavy atom. The van der Waals surface area contributed by atoms with Gasteiger partial charge in [0, 0.05) is 4.75 Å². The van der Waals surface area contributed by atoms with Gasteiger partial charge in [0.1, 0.15) is 17.5 Å². The minimum Gasteiger partial charge on any atom is -0.548 e. The second-order valence-electron chi connectivity index (χ2n) is 12.1. The summed E-state index contributed by atoms with van der Waals surface area (Å²) in [5.41, 5.74) is 6.57. The van der Waals surface area contributed by atoms with Crippen LogP contribution in [0.3, 0.4) is 0 Å². The molecule has 2 amide bonds. The summed E-state index contributed by atoms with van der Waals surface area (Å²) in [4.78, 5) is 37.2. The number of rotatable bonds is 16. The molecule has 8 nitrogen and oxygen atoms in total. The van der Waals surface area contributed by atoms with Crippen molar-refractivity contribution in [3.8, 4) is 0 Å². The molecule has 9 heteroatoms. The Morgan fingerprint density at radius 1 is 0.951 bits per heavy atom. The lowest BCUT2D eigenvalue weighted by atomic mass is 9.95. The van der Waals surface area contributed by atoms with Crippen molar-refractivity contribution in [2.45, 2.75) is 121 Å². The zero-order chi connectivity index (χ0) is 30.6. The molecule has 4 atom stereocenters. The van der Waals surface area contributed by atoms with Crippen molar-refractivity contribution in [3.05, 3.63) is 35.9 Å². The summed E-state index contributed by atoms with van der Waals surface area (Å²) < 4.78 is 0.740. The van der Waals surface area contributed by atoms with Gasteiger partial charge in [-0.25, -0.2) is 0 Å². The van der Waals surface area contributed by atoms with E-state index in [1.165, 1.54) is 98.7 Å². The number of quaternary nitrogens is 1. The number of amides is 2. The molecule has 0 aliphatic carbocycles. The summed E-state index contributed by atoms with van der Waals surface area (Å²) in [5.74, 6) is -2.16. The van der Waals surface area contributed by atoms with Crippen LogP contribution >= 0.6 is 11.8 Å². The topological polar surface area (TPSA) is 116 Å². The number of carboxylic acid groups (broad SMARTS) is 1. The third kappa shape index (κ3) is 9.19. The molecule has 0 spiro atoms. The summed E-state index contributed by atoms with van der Waals surface area (Å²) in [5, 5.41) is 13.6. The van der Waals surface area contributed by atoms with Crippen LogP contribution in [-0.2, 0) is 14.4 Å². The molecule has 0 bridgehead atoms. The van der Waals surface area contributed by atoms with Crippen LogP contribution in [0.15, 0.2) is 30.3 Å². The van der Waals surface area contributed by atoms with Crippen LogP contribution in [0.2, 0.25) is 0 Å². The Kier molecular flexibility index (Phi) is 14.1. The van der Waals surface area contributed by atoms with Crippen molar-refractivity contribution in [3.63, 3.8) is 0 Å². The van der Waals surface area contributed by atoms with E-state index in [0.29, 0.717) is 5.56 Å². The van der Waals surface area contributed by atoms with Crippen molar-refractivity contribution in [2.24, 2.45) is 5.73 Å². The summed E-state index contributed by atoms with van der Waals surface area (Å²) in [6.45, 7) is 18.5. The number of fused-ring (bicyclic) bond motifs is 1. The highest BCUT2D eigenvalue weighted by Gasteiger charge is 2.62. The highest BCUT2D eigenvalue weighted by Crippen LogP contribution is 2.50. The van der Waals surface area contributed by atoms with Gasteiger partial charge in [-0.1, -0.05) is 83.7 Å². The number of hydrogen-bond donors (Lipinski definition) is 2. The number of carbonyl (C=O) groups excluding carboxylic acids is 3. The number of carboxylic acids is 1. The molecular weight excluding hydrogens is 536 g/mol. The van der Waals surface area contributed by atoms with Gasteiger partial charge < -0.3 is 30.3 Å². The van der Waals surface area contributed by atoms with E-state index >= 15 is 0 Å². The second kappa shape index (κ2) is 16.5. The molecule has 2 saturated heterocycles. The molecule has 3 N–H and O–H groups in total. The largest absolute Gasteiger partial charge is 0.548 e. The number of aliphatic carboxylic acids is 1. The molecule has 2 fully saturated rings. The lowest BCUT2D eigenvalue weighted by Crippen LogP contribution is -2.72. The number of β-lactam (4-membered cyclic amide) rings is 1. The van der Waals surface area contributed by atoms with E-state index in [0.717, 1.165) is 0 Å². The van der Waals surface area contributed by atoms with Gasteiger partial charge in [-0.05, 0) is 45.1 Å². The summed E-state index contributed by atoms with van der Waals surface area (Å²) in [6.07, 6.45) is 11.1. The second-order valence-corrected chi connectivity index (χ2v) is 13.9. The van der Waals surface area contributed by atoms with Crippen LogP contribution in [0.4, 0.5) is 0 Å². The molecular formula is C32H54N4O4S. The van der Waals surface area contributed by atoms with Gasteiger partial charge in [0.2, 0.25) is 11.8 Å². The molecule has 2 aliphatic rings. The van der Waals surface area contributed by atoms with Crippen LogP contribution in [0.25, 0.3) is 0 Å². The third-order valence-electron chi connectivity index (χ3n) is 8.35. The number of thioether (sulfide) groups is 1. The number of unbranched alkanes of at least 4 members (excludes halogenated alkanes) is 4.